The third kappa shape index (κ3) is 2.87. The summed E-state index contributed by atoms with van der Waals surface area (Å²) in [7, 11) is 0. The molecule has 3 rings (SSSR count). The summed E-state index contributed by atoms with van der Waals surface area (Å²) in [4.78, 5) is 11.7. The highest BCUT2D eigenvalue weighted by Gasteiger charge is 2.42. The van der Waals surface area contributed by atoms with Crippen LogP contribution in [0.5, 0.6) is 0 Å². The molecular formula is C12H16F3N5O. The number of nitrogens with zero attached hydrogens (tertiary/aromatic N) is 3. The maximum atomic E-state index is 12.9. The van der Waals surface area contributed by atoms with E-state index in [1.54, 1.807) is 0 Å². The summed E-state index contributed by atoms with van der Waals surface area (Å²) in [6.45, 7) is 1.04. The largest absolute Gasteiger partial charge is 0.393 e. The van der Waals surface area contributed by atoms with Gasteiger partial charge in [-0.3, -0.25) is 4.79 Å². The first-order chi connectivity index (χ1) is 9.95. The van der Waals surface area contributed by atoms with Crippen molar-refractivity contribution in [1.82, 2.24) is 25.4 Å². The number of carbonyl (C=O) groups is 1. The third-order valence-electron chi connectivity index (χ3n) is 4.00. The molecule has 0 spiro atoms. The molecule has 2 aliphatic rings. The second-order valence-electron chi connectivity index (χ2n) is 5.42. The molecule has 9 heteroatoms. The van der Waals surface area contributed by atoms with Gasteiger partial charge in [0.25, 0.3) is 0 Å². The molecular weight excluding hydrogens is 287 g/mol. The van der Waals surface area contributed by atoms with E-state index < -0.39 is 18.1 Å². The molecule has 116 valence electrons. The number of hydrogen-bond donors (Lipinski definition) is 2. The quantitative estimate of drug-likeness (QED) is 0.809. The Labute approximate surface area is 119 Å². The molecule has 0 radical (unpaired) electrons. The molecule has 0 bridgehead atoms. The molecule has 2 atom stereocenters. The van der Waals surface area contributed by atoms with Crippen LogP contribution in [0.15, 0.2) is 0 Å². The second kappa shape index (κ2) is 5.28. The average molecular weight is 303 g/mol. The van der Waals surface area contributed by atoms with E-state index in [1.807, 2.05) is 0 Å². The van der Waals surface area contributed by atoms with Gasteiger partial charge >= 0.3 is 6.18 Å². The van der Waals surface area contributed by atoms with E-state index >= 15 is 0 Å². The maximum absolute atomic E-state index is 12.9. The van der Waals surface area contributed by atoms with Crippen molar-refractivity contribution in [3.8, 4) is 0 Å². The lowest BCUT2D eigenvalue weighted by Gasteiger charge is -2.27. The molecule has 0 aliphatic carbocycles. The number of nitrogens with one attached hydrogen (secondary N) is 2. The van der Waals surface area contributed by atoms with E-state index in [9.17, 15) is 18.0 Å². The fraction of sp³-hybridized carbons (Fsp3) is 0.750. The van der Waals surface area contributed by atoms with Crippen LogP contribution >= 0.6 is 0 Å². The van der Waals surface area contributed by atoms with Crippen LogP contribution in [0, 0.1) is 5.92 Å². The lowest BCUT2D eigenvalue weighted by atomic mass is 9.98. The van der Waals surface area contributed by atoms with Gasteiger partial charge in [0.1, 0.15) is 11.6 Å². The van der Waals surface area contributed by atoms with Gasteiger partial charge in [-0.05, 0) is 6.42 Å². The van der Waals surface area contributed by atoms with Crippen molar-refractivity contribution in [2.45, 2.75) is 38.0 Å². The average Bonchev–Trinajstić information content (AvgIpc) is 2.83. The van der Waals surface area contributed by atoms with Crippen molar-refractivity contribution in [3.05, 3.63) is 11.6 Å². The number of aromatic nitrogens is 3. The Kier molecular flexibility index (Phi) is 3.60. The fourth-order valence-corrected chi connectivity index (χ4v) is 2.80. The van der Waals surface area contributed by atoms with Gasteiger partial charge in [0.2, 0.25) is 5.91 Å². The summed E-state index contributed by atoms with van der Waals surface area (Å²) in [6.07, 6.45) is -3.64. The minimum absolute atomic E-state index is 0.0454. The predicted octanol–water partition coefficient (Wildman–Crippen LogP) is 0.0333. The summed E-state index contributed by atoms with van der Waals surface area (Å²) in [5.41, 5.74) is 0. The van der Waals surface area contributed by atoms with Crippen LogP contribution in [0.3, 0.4) is 0 Å². The van der Waals surface area contributed by atoms with Crippen molar-refractivity contribution in [1.29, 1.82) is 0 Å². The summed E-state index contributed by atoms with van der Waals surface area (Å²) in [5, 5.41) is 13.7. The Morgan fingerprint density at radius 2 is 2.10 bits per heavy atom. The van der Waals surface area contributed by atoms with E-state index in [0.717, 1.165) is 0 Å². The molecule has 2 aliphatic heterocycles. The van der Waals surface area contributed by atoms with E-state index in [2.05, 4.69) is 20.8 Å². The number of piperazine rings is 1. The minimum Gasteiger partial charge on any atom is -0.353 e. The first-order valence-corrected chi connectivity index (χ1v) is 6.94. The first-order valence-electron chi connectivity index (χ1n) is 6.94. The number of amides is 1. The Hall–Kier alpha value is -1.64. The molecule has 21 heavy (non-hydrogen) atoms. The van der Waals surface area contributed by atoms with Crippen LogP contribution in [-0.2, 0) is 24.2 Å². The molecule has 1 aromatic rings. The first kappa shape index (κ1) is 14.3. The smallest absolute Gasteiger partial charge is 0.353 e. The van der Waals surface area contributed by atoms with E-state index in [0.29, 0.717) is 24.7 Å². The Balaban J connectivity index is 1.76. The molecule has 0 aromatic carbocycles. The number of carbonyl (C=O) groups excluding carboxylic acids is 1. The highest BCUT2D eigenvalue weighted by molar-refractivity contribution is 5.82. The van der Waals surface area contributed by atoms with Crippen LogP contribution in [0.25, 0.3) is 0 Å². The third-order valence-corrected chi connectivity index (χ3v) is 4.00. The number of fused-ring (bicyclic) bond motifs is 1. The van der Waals surface area contributed by atoms with Gasteiger partial charge in [-0.15, -0.1) is 10.2 Å². The van der Waals surface area contributed by atoms with Gasteiger partial charge in [0.15, 0.2) is 0 Å². The van der Waals surface area contributed by atoms with Gasteiger partial charge in [0.05, 0.1) is 12.0 Å². The van der Waals surface area contributed by atoms with Crippen molar-refractivity contribution in [2.75, 3.05) is 13.1 Å². The SMILES string of the molecule is O=C1NCCNC1Cc1nnc2n1CC(C(F)(F)F)CC2. The van der Waals surface area contributed by atoms with Gasteiger partial charge in [-0.2, -0.15) is 13.2 Å². The molecule has 1 amide bonds. The Morgan fingerprint density at radius 3 is 2.81 bits per heavy atom. The van der Waals surface area contributed by atoms with Crippen molar-refractivity contribution in [3.63, 3.8) is 0 Å². The van der Waals surface area contributed by atoms with E-state index in [1.165, 1.54) is 4.57 Å². The lowest BCUT2D eigenvalue weighted by molar-refractivity contribution is -0.182. The predicted molar refractivity (Wildman–Crippen MR) is 66.4 cm³/mol. The molecule has 2 unspecified atom stereocenters. The standard InChI is InChI=1S/C12H16F3N5O/c13-12(14,15)7-1-2-9-18-19-10(20(9)6-7)5-8-11(21)17-4-3-16-8/h7-8,16H,1-6H2,(H,17,21). The number of rotatable bonds is 2. The number of alkyl halides is 3. The van der Waals surface area contributed by atoms with Gasteiger partial charge in [-0.1, -0.05) is 0 Å². The highest BCUT2D eigenvalue weighted by atomic mass is 19.4. The maximum Gasteiger partial charge on any atom is 0.393 e. The minimum atomic E-state index is -4.21. The van der Waals surface area contributed by atoms with Crippen LogP contribution in [0.1, 0.15) is 18.1 Å². The summed E-state index contributed by atoms with van der Waals surface area (Å²) >= 11 is 0. The normalized spacial score (nSPS) is 26.3. The fourth-order valence-electron chi connectivity index (χ4n) is 2.80. The molecule has 2 N–H and O–H groups in total. The van der Waals surface area contributed by atoms with Gasteiger partial charge in [-0.25, -0.2) is 0 Å². The van der Waals surface area contributed by atoms with Crippen molar-refractivity contribution in [2.24, 2.45) is 5.92 Å². The molecule has 0 saturated carbocycles. The van der Waals surface area contributed by atoms with Crippen LogP contribution in [0.4, 0.5) is 13.2 Å². The molecule has 6 nitrogen and oxygen atoms in total. The van der Waals surface area contributed by atoms with E-state index in [4.69, 9.17) is 0 Å². The molecule has 1 aromatic heterocycles. The van der Waals surface area contributed by atoms with Crippen molar-refractivity contribution >= 4 is 5.91 Å². The van der Waals surface area contributed by atoms with Crippen molar-refractivity contribution < 1.29 is 18.0 Å². The second-order valence-corrected chi connectivity index (χ2v) is 5.42. The van der Waals surface area contributed by atoms with Crippen LogP contribution < -0.4 is 10.6 Å². The summed E-state index contributed by atoms with van der Waals surface area (Å²) < 4.78 is 40.1. The summed E-state index contributed by atoms with van der Waals surface area (Å²) in [5.74, 6) is -0.509. The van der Waals surface area contributed by atoms with Gasteiger partial charge in [0, 0.05) is 32.5 Å². The zero-order valence-corrected chi connectivity index (χ0v) is 11.3. The number of hydrogen-bond acceptors (Lipinski definition) is 4. The topological polar surface area (TPSA) is 71.8 Å². The van der Waals surface area contributed by atoms with E-state index in [-0.39, 0.29) is 31.7 Å². The lowest BCUT2D eigenvalue weighted by Crippen LogP contribution is -2.54. The monoisotopic (exact) mass is 303 g/mol. The molecule has 3 heterocycles. The Bertz CT molecular complexity index is 541. The highest BCUT2D eigenvalue weighted by Crippen LogP contribution is 2.34. The zero-order valence-electron chi connectivity index (χ0n) is 11.3. The Morgan fingerprint density at radius 1 is 1.29 bits per heavy atom. The zero-order chi connectivity index (χ0) is 15.0. The number of aryl methyl sites for hydroxylation is 1. The number of halogens is 3. The van der Waals surface area contributed by atoms with Crippen LogP contribution in [0.2, 0.25) is 0 Å². The molecule has 1 saturated heterocycles. The molecule has 1 fully saturated rings. The van der Waals surface area contributed by atoms with Crippen LogP contribution in [-0.4, -0.2) is 46.0 Å². The van der Waals surface area contributed by atoms with Gasteiger partial charge < -0.3 is 15.2 Å². The summed E-state index contributed by atoms with van der Waals surface area (Å²) in [6, 6.07) is -0.460.